The van der Waals surface area contributed by atoms with E-state index < -0.39 is 23.4 Å². The normalized spacial score (nSPS) is 21.9. The van der Waals surface area contributed by atoms with Gasteiger partial charge in [-0.05, 0) is 41.7 Å². The minimum atomic E-state index is -4.49. The summed E-state index contributed by atoms with van der Waals surface area (Å²) in [5.74, 6) is 0.439. The number of ether oxygens (including phenoxy) is 1. The average molecular weight is 642 g/mol. The molecule has 1 aliphatic heterocycles. The molecule has 1 amide bonds. The number of rotatable bonds is 8. The monoisotopic (exact) mass is 641 g/mol. The summed E-state index contributed by atoms with van der Waals surface area (Å²) in [6, 6.07) is 26.3. The maximum Gasteiger partial charge on any atom is 0.517 e. The van der Waals surface area contributed by atoms with E-state index in [1.807, 2.05) is 67.6 Å². The number of H-pyrrole nitrogens is 1. The molecule has 3 heterocycles. The van der Waals surface area contributed by atoms with E-state index in [9.17, 15) is 18.0 Å². The van der Waals surface area contributed by atoms with Gasteiger partial charge in [-0.3, -0.25) is 0 Å². The molecule has 8 nitrogen and oxygen atoms in total. The molecule has 0 radical (unpaired) electrons. The van der Waals surface area contributed by atoms with Crippen LogP contribution >= 0.6 is 0 Å². The number of carbonyl (C=O) groups excluding carboxylic acids is 1. The van der Waals surface area contributed by atoms with Crippen LogP contribution in [0.3, 0.4) is 0 Å². The number of piperidine rings is 1. The molecule has 1 fully saturated rings. The van der Waals surface area contributed by atoms with Crippen molar-refractivity contribution in [2.45, 2.75) is 50.0 Å². The SMILES string of the molecule is CC(Nc1nccc(C2(c3ncc[nH]3)CC(c3cccc(C(F)(F)F)c3)CC[N+]2(C)C(=O)OCc2ccccc2)n1)c1ccccc1. The lowest BCUT2D eigenvalue weighted by Gasteiger charge is -2.51. The van der Waals surface area contributed by atoms with Gasteiger partial charge in [0.15, 0.2) is 5.82 Å². The van der Waals surface area contributed by atoms with Gasteiger partial charge in [-0.2, -0.15) is 18.0 Å². The number of hydrogen-bond acceptors (Lipinski definition) is 6. The van der Waals surface area contributed by atoms with Crippen molar-refractivity contribution in [1.82, 2.24) is 19.9 Å². The molecule has 1 saturated heterocycles. The fraction of sp³-hybridized carbons (Fsp3) is 0.278. The van der Waals surface area contributed by atoms with Crippen molar-refractivity contribution in [3.05, 3.63) is 143 Å². The number of likely N-dealkylation sites (tertiary alicyclic amines) is 1. The number of benzene rings is 3. The smallest absolute Gasteiger partial charge is 0.415 e. The maximum absolute atomic E-state index is 14.4. The third-order valence-electron chi connectivity index (χ3n) is 9.22. The van der Waals surface area contributed by atoms with Crippen LogP contribution < -0.4 is 5.32 Å². The summed E-state index contributed by atoms with van der Waals surface area (Å²) >= 11 is 0. The summed E-state index contributed by atoms with van der Waals surface area (Å²) in [6.07, 6.45) is 0.562. The van der Waals surface area contributed by atoms with Crippen LogP contribution in [0.25, 0.3) is 0 Å². The quantitative estimate of drug-likeness (QED) is 0.167. The Morgan fingerprint density at radius 3 is 2.47 bits per heavy atom. The molecule has 2 N–H and O–H groups in total. The van der Waals surface area contributed by atoms with E-state index in [1.54, 1.807) is 37.8 Å². The number of aromatic nitrogens is 4. The Labute approximate surface area is 271 Å². The van der Waals surface area contributed by atoms with E-state index in [0.717, 1.165) is 17.2 Å². The van der Waals surface area contributed by atoms with Crippen molar-refractivity contribution in [2.24, 2.45) is 0 Å². The van der Waals surface area contributed by atoms with Gasteiger partial charge in [0.2, 0.25) is 11.5 Å². The second kappa shape index (κ2) is 13.0. The molecule has 5 aromatic rings. The zero-order valence-electron chi connectivity index (χ0n) is 26.1. The van der Waals surface area contributed by atoms with Crippen molar-refractivity contribution in [1.29, 1.82) is 0 Å². The van der Waals surface area contributed by atoms with Crippen LogP contribution in [0.1, 0.15) is 65.5 Å². The Balaban J connectivity index is 1.45. The highest BCUT2D eigenvalue weighted by Gasteiger charge is 2.63. The van der Waals surface area contributed by atoms with Gasteiger partial charge < -0.3 is 15.0 Å². The van der Waals surface area contributed by atoms with E-state index >= 15 is 0 Å². The predicted molar refractivity (Wildman–Crippen MR) is 171 cm³/mol. The number of anilines is 1. The number of carbonyl (C=O) groups is 1. The number of halogens is 3. The third kappa shape index (κ3) is 6.35. The molecule has 0 saturated carbocycles. The van der Waals surface area contributed by atoms with E-state index in [-0.39, 0.29) is 36.0 Å². The molecular weight excluding hydrogens is 605 g/mol. The van der Waals surface area contributed by atoms with Gasteiger partial charge in [0, 0.05) is 31.4 Å². The number of hydrogen-bond donors (Lipinski definition) is 2. The Morgan fingerprint density at radius 2 is 1.77 bits per heavy atom. The van der Waals surface area contributed by atoms with E-state index in [0.29, 0.717) is 29.5 Å². The van der Waals surface area contributed by atoms with Crippen LogP contribution in [0.15, 0.2) is 110 Å². The summed E-state index contributed by atoms with van der Waals surface area (Å²) in [5.41, 5.74) is 0.898. The highest BCUT2D eigenvalue weighted by Crippen LogP contribution is 2.51. The molecule has 4 atom stereocenters. The molecule has 47 heavy (non-hydrogen) atoms. The van der Waals surface area contributed by atoms with Crippen LogP contribution in [0.4, 0.5) is 23.9 Å². The lowest BCUT2D eigenvalue weighted by molar-refractivity contribution is -0.901. The Morgan fingerprint density at radius 1 is 1.02 bits per heavy atom. The highest BCUT2D eigenvalue weighted by molar-refractivity contribution is 5.61. The first-order valence-corrected chi connectivity index (χ1v) is 15.5. The van der Waals surface area contributed by atoms with Gasteiger partial charge in [0.25, 0.3) is 0 Å². The van der Waals surface area contributed by atoms with E-state index in [2.05, 4.69) is 20.3 Å². The number of alkyl halides is 3. The molecule has 0 bridgehead atoms. The van der Waals surface area contributed by atoms with Crippen LogP contribution in [-0.2, 0) is 23.1 Å². The lowest BCUT2D eigenvalue weighted by Crippen LogP contribution is -2.67. The van der Waals surface area contributed by atoms with Crippen molar-refractivity contribution >= 4 is 12.0 Å². The zero-order chi connectivity index (χ0) is 33.1. The molecule has 6 rings (SSSR count). The molecule has 4 unspecified atom stereocenters. The lowest BCUT2D eigenvalue weighted by atomic mass is 9.73. The molecular formula is C36H36F3N6O2+. The van der Waals surface area contributed by atoms with Crippen LogP contribution in [0.2, 0.25) is 0 Å². The summed E-state index contributed by atoms with van der Waals surface area (Å²) < 4.78 is 47.1. The van der Waals surface area contributed by atoms with Crippen molar-refractivity contribution in [3.8, 4) is 0 Å². The summed E-state index contributed by atoms with van der Waals surface area (Å²) in [5, 5.41) is 3.37. The van der Waals surface area contributed by atoms with Crippen LogP contribution in [0, 0.1) is 0 Å². The van der Waals surface area contributed by atoms with Gasteiger partial charge in [-0.15, -0.1) is 0 Å². The second-order valence-electron chi connectivity index (χ2n) is 12.1. The summed E-state index contributed by atoms with van der Waals surface area (Å²) in [4.78, 5) is 31.7. The number of nitrogens with zero attached hydrogens (tertiary/aromatic N) is 4. The Hall–Kier alpha value is -5.03. The van der Waals surface area contributed by atoms with Gasteiger partial charge in [0.1, 0.15) is 12.3 Å². The number of aromatic amines is 1. The van der Waals surface area contributed by atoms with Gasteiger partial charge in [0.05, 0.1) is 25.2 Å². The predicted octanol–water partition coefficient (Wildman–Crippen LogP) is 8.00. The minimum absolute atomic E-state index is 0.0595. The standard InChI is InChI=1S/C36H36F3N6O2/c1-25(27-12-7-4-8-13-27)43-33-42-18-16-31(44-33)35(32-40-19-20-41-32)23-29(28-14-9-15-30(22-28)36(37,38)39)17-21-45(35,2)34(46)47-24-26-10-5-3-6-11-26/h3-16,18-20,22,25,29H,17,21,23-24H2,1-2H3,(H,40,41)(H,42,43,44)/q+1. The summed E-state index contributed by atoms with van der Waals surface area (Å²) in [6.45, 7) is 2.31. The molecule has 242 valence electrons. The van der Waals surface area contributed by atoms with Gasteiger partial charge in [-0.1, -0.05) is 78.9 Å². The van der Waals surface area contributed by atoms with Crippen LogP contribution in [0.5, 0.6) is 0 Å². The van der Waals surface area contributed by atoms with Crippen molar-refractivity contribution in [2.75, 3.05) is 18.9 Å². The zero-order valence-corrected chi connectivity index (χ0v) is 26.1. The maximum atomic E-state index is 14.4. The number of quaternary nitrogens is 1. The third-order valence-corrected chi connectivity index (χ3v) is 9.22. The Kier molecular flexibility index (Phi) is 8.83. The van der Waals surface area contributed by atoms with Gasteiger partial charge >= 0.3 is 12.3 Å². The number of nitrogens with one attached hydrogen (secondary N) is 2. The van der Waals surface area contributed by atoms with E-state index in [1.165, 1.54) is 12.1 Å². The topological polar surface area (TPSA) is 92.8 Å². The first-order chi connectivity index (χ1) is 22.6. The molecule has 1 aliphatic rings. The molecule has 2 aromatic heterocycles. The molecule has 3 aromatic carbocycles. The second-order valence-corrected chi connectivity index (χ2v) is 12.1. The first kappa shape index (κ1) is 31.9. The fourth-order valence-corrected chi connectivity index (χ4v) is 6.61. The van der Waals surface area contributed by atoms with Crippen molar-refractivity contribution < 1.29 is 27.2 Å². The van der Waals surface area contributed by atoms with Gasteiger partial charge in [-0.25, -0.2) is 19.4 Å². The average Bonchev–Trinajstić information content (AvgIpc) is 3.64. The largest absolute Gasteiger partial charge is 0.517 e. The molecule has 0 aliphatic carbocycles. The van der Waals surface area contributed by atoms with Crippen LogP contribution in [-0.4, -0.2) is 44.1 Å². The molecule has 11 heteroatoms. The highest BCUT2D eigenvalue weighted by atomic mass is 19.4. The fourth-order valence-electron chi connectivity index (χ4n) is 6.61. The Bertz CT molecular complexity index is 1800. The minimum Gasteiger partial charge on any atom is -0.415 e. The number of amides is 1. The van der Waals surface area contributed by atoms with Crippen molar-refractivity contribution in [3.63, 3.8) is 0 Å². The summed E-state index contributed by atoms with van der Waals surface area (Å²) in [7, 11) is 1.79. The first-order valence-electron chi connectivity index (χ1n) is 15.5. The molecule has 0 spiro atoms. The number of imidazole rings is 1. The van der Waals surface area contributed by atoms with E-state index in [4.69, 9.17) is 9.72 Å².